The van der Waals surface area contributed by atoms with Crippen molar-refractivity contribution in [3.63, 3.8) is 0 Å². The van der Waals surface area contributed by atoms with Gasteiger partial charge in [0, 0.05) is 37.1 Å². The van der Waals surface area contributed by atoms with Crippen LogP contribution in [0.3, 0.4) is 0 Å². The summed E-state index contributed by atoms with van der Waals surface area (Å²) in [5, 5.41) is 4.35. The van der Waals surface area contributed by atoms with Crippen molar-refractivity contribution in [1.82, 2.24) is 24.6 Å². The molecule has 2 aromatic heterocycles. The molecule has 1 fully saturated rings. The Hall–Kier alpha value is -2.44. The normalized spacial score (nSPS) is 17.6. The van der Waals surface area contributed by atoms with Crippen molar-refractivity contribution >= 4 is 6.09 Å². The molecule has 0 aromatic carbocycles. The number of hydrogen-bond acceptors (Lipinski definition) is 5. The molecule has 0 bridgehead atoms. The number of ether oxygens (including phenoxy) is 1. The predicted molar refractivity (Wildman–Crippen MR) is 103 cm³/mol. The second-order valence-electron chi connectivity index (χ2n) is 8.48. The van der Waals surface area contributed by atoms with E-state index in [-0.39, 0.29) is 6.09 Å². The Morgan fingerprint density at radius 2 is 2.04 bits per heavy atom. The number of hydrogen-bond donors (Lipinski definition) is 0. The minimum atomic E-state index is -0.458. The van der Waals surface area contributed by atoms with Crippen molar-refractivity contribution in [2.75, 3.05) is 13.1 Å². The molecule has 1 amide bonds. The maximum Gasteiger partial charge on any atom is 0.410 e. The van der Waals surface area contributed by atoms with E-state index in [1.54, 1.807) is 11.1 Å². The van der Waals surface area contributed by atoms with Gasteiger partial charge in [-0.2, -0.15) is 5.10 Å². The third-order valence-corrected chi connectivity index (χ3v) is 4.57. The number of nitrogens with zero attached hydrogens (tertiary/aromatic N) is 5. The highest BCUT2D eigenvalue weighted by molar-refractivity contribution is 5.68. The summed E-state index contributed by atoms with van der Waals surface area (Å²) >= 11 is 0. The molecule has 7 heteroatoms. The topological polar surface area (TPSA) is 73.1 Å². The van der Waals surface area contributed by atoms with Crippen molar-refractivity contribution in [1.29, 1.82) is 0 Å². The molecule has 7 nitrogen and oxygen atoms in total. The highest BCUT2D eigenvalue weighted by Crippen LogP contribution is 2.23. The first kappa shape index (κ1) is 19.3. The van der Waals surface area contributed by atoms with E-state index < -0.39 is 5.60 Å². The first-order valence-electron chi connectivity index (χ1n) is 9.54. The van der Waals surface area contributed by atoms with Crippen molar-refractivity contribution < 1.29 is 9.53 Å². The third kappa shape index (κ3) is 5.05. The van der Waals surface area contributed by atoms with E-state index in [0.29, 0.717) is 18.5 Å². The summed E-state index contributed by atoms with van der Waals surface area (Å²) < 4.78 is 7.37. The van der Waals surface area contributed by atoms with Crippen LogP contribution in [-0.2, 0) is 11.2 Å². The molecule has 0 radical (unpaired) electrons. The zero-order valence-corrected chi connectivity index (χ0v) is 16.8. The molecule has 0 N–H and O–H groups in total. The van der Waals surface area contributed by atoms with Gasteiger partial charge in [0.05, 0.1) is 23.8 Å². The van der Waals surface area contributed by atoms with Gasteiger partial charge in [0.2, 0.25) is 0 Å². The molecule has 0 spiro atoms. The van der Waals surface area contributed by atoms with Crippen LogP contribution in [0, 0.1) is 5.92 Å². The van der Waals surface area contributed by atoms with Gasteiger partial charge in [-0.1, -0.05) is 0 Å². The van der Waals surface area contributed by atoms with Gasteiger partial charge in [-0.05, 0) is 53.4 Å². The van der Waals surface area contributed by atoms with Gasteiger partial charge < -0.3 is 9.64 Å². The van der Waals surface area contributed by atoms with E-state index in [1.807, 2.05) is 44.0 Å². The van der Waals surface area contributed by atoms with Crippen molar-refractivity contribution in [2.45, 2.75) is 59.1 Å². The van der Waals surface area contributed by atoms with Crippen LogP contribution in [0.25, 0.3) is 11.3 Å². The summed E-state index contributed by atoms with van der Waals surface area (Å²) in [5.41, 5.74) is 2.29. The quantitative estimate of drug-likeness (QED) is 0.819. The third-order valence-electron chi connectivity index (χ3n) is 4.57. The van der Waals surface area contributed by atoms with Crippen molar-refractivity contribution in [3.05, 3.63) is 30.5 Å². The summed E-state index contributed by atoms with van der Waals surface area (Å²) in [4.78, 5) is 23.1. The molecule has 0 saturated carbocycles. The van der Waals surface area contributed by atoms with Crippen LogP contribution in [0.2, 0.25) is 0 Å². The van der Waals surface area contributed by atoms with E-state index in [0.717, 1.165) is 36.3 Å². The van der Waals surface area contributed by atoms with Gasteiger partial charge in [-0.3, -0.25) is 14.6 Å². The summed E-state index contributed by atoms with van der Waals surface area (Å²) in [7, 11) is 0. The second-order valence-corrected chi connectivity index (χ2v) is 8.48. The molecule has 3 rings (SSSR count). The van der Waals surface area contributed by atoms with E-state index in [9.17, 15) is 4.79 Å². The van der Waals surface area contributed by atoms with E-state index in [1.165, 1.54) is 0 Å². The Morgan fingerprint density at radius 1 is 1.26 bits per heavy atom. The van der Waals surface area contributed by atoms with Gasteiger partial charge in [0.15, 0.2) is 0 Å². The Bertz CT molecular complexity index is 776. The smallest absolute Gasteiger partial charge is 0.410 e. The summed E-state index contributed by atoms with van der Waals surface area (Å²) in [6.45, 7) is 11.3. The molecule has 2 aromatic rings. The average molecular weight is 371 g/mol. The highest BCUT2D eigenvalue weighted by Gasteiger charge is 2.30. The maximum absolute atomic E-state index is 12.2. The Labute approximate surface area is 160 Å². The van der Waals surface area contributed by atoms with Crippen LogP contribution >= 0.6 is 0 Å². The summed E-state index contributed by atoms with van der Waals surface area (Å²) in [5.74, 6) is 0.390. The molecule has 1 aliphatic heterocycles. The molecule has 146 valence electrons. The zero-order valence-electron chi connectivity index (χ0n) is 16.8. The first-order valence-corrected chi connectivity index (χ1v) is 9.54. The fraction of sp³-hybridized carbons (Fsp3) is 0.600. The molecule has 1 aliphatic rings. The molecule has 27 heavy (non-hydrogen) atoms. The van der Waals surface area contributed by atoms with Crippen LogP contribution in [-0.4, -0.2) is 49.4 Å². The largest absolute Gasteiger partial charge is 0.444 e. The molecule has 0 unspecified atom stereocenters. The first-order chi connectivity index (χ1) is 12.7. The Balaban J connectivity index is 1.56. The standard InChI is InChI=1S/C20H29N5O2/c1-14(2)25-13-16(9-23-25)18-11-21-17(10-22-18)8-15-6-7-24(12-15)19(26)27-20(3,4)5/h9-11,13-15H,6-8,12H2,1-5H3/t15-/m0/s1. The van der Waals surface area contributed by atoms with E-state index in [2.05, 4.69) is 28.9 Å². The number of rotatable bonds is 4. The number of likely N-dealkylation sites (tertiary alicyclic amines) is 1. The van der Waals surface area contributed by atoms with Crippen LogP contribution in [0.1, 0.15) is 52.8 Å². The number of amides is 1. The van der Waals surface area contributed by atoms with Gasteiger partial charge >= 0.3 is 6.09 Å². The SMILES string of the molecule is CC(C)n1cc(-c2cnc(C[C@@H]3CCN(C(=O)OC(C)(C)C)C3)cn2)cn1. The molecule has 1 saturated heterocycles. The van der Waals surface area contributed by atoms with Crippen LogP contribution in [0.4, 0.5) is 4.79 Å². The maximum atomic E-state index is 12.2. The molecule has 0 aliphatic carbocycles. The van der Waals surface area contributed by atoms with E-state index in [4.69, 9.17) is 4.74 Å². The summed E-state index contributed by atoms with van der Waals surface area (Å²) in [6.07, 6.45) is 8.99. The van der Waals surface area contributed by atoms with Crippen molar-refractivity contribution in [2.24, 2.45) is 5.92 Å². The lowest BCUT2D eigenvalue weighted by Gasteiger charge is -2.24. The van der Waals surface area contributed by atoms with Gasteiger partial charge in [-0.15, -0.1) is 0 Å². The van der Waals surface area contributed by atoms with Gasteiger partial charge in [0.25, 0.3) is 0 Å². The minimum absolute atomic E-state index is 0.228. The molecular formula is C20H29N5O2. The zero-order chi connectivity index (χ0) is 19.6. The monoisotopic (exact) mass is 371 g/mol. The number of aromatic nitrogens is 4. The lowest BCUT2D eigenvalue weighted by molar-refractivity contribution is 0.0288. The van der Waals surface area contributed by atoms with Crippen LogP contribution in [0.5, 0.6) is 0 Å². The van der Waals surface area contributed by atoms with Crippen molar-refractivity contribution in [3.8, 4) is 11.3 Å². The number of carbonyl (C=O) groups is 1. The van der Waals surface area contributed by atoms with Gasteiger partial charge in [0.1, 0.15) is 5.60 Å². The highest BCUT2D eigenvalue weighted by atomic mass is 16.6. The van der Waals surface area contributed by atoms with Crippen LogP contribution < -0.4 is 0 Å². The fourth-order valence-corrected chi connectivity index (χ4v) is 3.15. The molecule has 1 atom stereocenters. The van der Waals surface area contributed by atoms with Gasteiger partial charge in [-0.25, -0.2) is 4.79 Å². The molecule has 3 heterocycles. The minimum Gasteiger partial charge on any atom is -0.444 e. The second kappa shape index (κ2) is 7.66. The van der Waals surface area contributed by atoms with E-state index >= 15 is 0 Å². The predicted octanol–water partition coefficient (Wildman–Crippen LogP) is 3.72. The number of carbonyl (C=O) groups excluding carboxylic acids is 1. The lowest BCUT2D eigenvalue weighted by atomic mass is 10.0. The fourth-order valence-electron chi connectivity index (χ4n) is 3.15. The Morgan fingerprint density at radius 3 is 2.63 bits per heavy atom. The Kier molecular flexibility index (Phi) is 5.48. The van der Waals surface area contributed by atoms with Crippen LogP contribution in [0.15, 0.2) is 24.8 Å². The average Bonchev–Trinajstić information content (AvgIpc) is 3.23. The summed E-state index contributed by atoms with van der Waals surface area (Å²) in [6, 6.07) is 0.321. The molecular weight excluding hydrogens is 342 g/mol. The lowest BCUT2D eigenvalue weighted by Crippen LogP contribution is -2.35.